The zero-order valence-electron chi connectivity index (χ0n) is 11.8. The lowest BCUT2D eigenvalue weighted by Crippen LogP contribution is -2.48. The van der Waals surface area contributed by atoms with Crippen LogP contribution >= 0.6 is 0 Å². The second kappa shape index (κ2) is 5.20. The second-order valence-electron chi connectivity index (χ2n) is 7.01. The van der Waals surface area contributed by atoms with E-state index in [1.165, 1.54) is 25.7 Å². The summed E-state index contributed by atoms with van der Waals surface area (Å²) in [7, 11) is 0. The highest BCUT2D eigenvalue weighted by atomic mass is 16.4. The van der Waals surface area contributed by atoms with Crippen LogP contribution in [0.5, 0.6) is 0 Å². The first-order valence-electron chi connectivity index (χ1n) is 7.40. The lowest BCUT2D eigenvalue weighted by molar-refractivity contribution is -0.154. The maximum atomic E-state index is 11.3. The number of rotatable bonds is 6. The summed E-state index contributed by atoms with van der Waals surface area (Å²) in [4.78, 5) is 11.3. The molecule has 0 unspecified atom stereocenters. The predicted molar refractivity (Wildman–Crippen MR) is 72.5 cm³/mol. The Labute approximate surface area is 110 Å². The van der Waals surface area contributed by atoms with E-state index < -0.39 is 11.4 Å². The number of nitrogens with one attached hydrogen (secondary N) is 1. The summed E-state index contributed by atoms with van der Waals surface area (Å²) in [5.74, 6) is 0.201. The van der Waals surface area contributed by atoms with Gasteiger partial charge < -0.3 is 10.4 Å². The third-order valence-corrected chi connectivity index (χ3v) is 5.27. The Morgan fingerprint density at radius 1 is 1.28 bits per heavy atom. The molecule has 0 bridgehead atoms. The molecule has 2 rings (SSSR count). The standard InChI is InChI=1S/C15H27NO2/c1-14(2,12-6-3-4-7-12)10-16-11-15(13(17)18)8-5-9-15/h12,16H,3-11H2,1-2H3,(H,17,18). The van der Waals surface area contributed by atoms with E-state index in [1.54, 1.807) is 0 Å². The molecule has 0 heterocycles. The van der Waals surface area contributed by atoms with Crippen LogP contribution in [0, 0.1) is 16.7 Å². The molecule has 3 nitrogen and oxygen atoms in total. The highest BCUT2D eigenvalue weighted by molar-refractivity contribution is 5.76. The molecule has 2 fully saturated rings. The molecule has 0 saturated heterocycles. The van der Waals surface area contributed by atoms with Gasteiger partial charge in [0.2, 0.25) is 0 Å². The van der Waals surface area contributed by atoms with E-state index in [0.717, 1.165) is 31.7 Å². The Hall–Kier alpha value is -0.570. The van der Waals surface area contributed by atoms with Gasteiger partial charge in [-0.15, -0.1) is 0 Å². The number of aliphatic carboxylic acids is 1. The number of hydrogen-bond donors (Lipinski definition) is 2. The van der Waals surface area contributed by atoms with E-state index in [-0.39, 0.29) is 0 Å². The molecule has 0 radical (unpaired) electrons. The Morgan fingerprint density at radius 2 is 1.89 bits per heavy atom. The van der Waals surface area contributed by atoms with Crippen molar-refractivity contribution in [3.8, 4) is 0 Å². The number of carbonyl (C=O) groups is 1. The molecule has 2 saturated carbocycles. The number of carboxylic acid groups (broad SMARTS) is 1. The van der Waals surface area contributed by atoms with Crippen molar-refractivity contribution in [3.05, 3.63) is 0 Å². The van der Waals surface area contributed by atoms with Gasteiger partial charge in [0, 0.05) is 13.1 Å². The first kappa shape index (κ1) is 13.9. The van der Waals surface area contributed by atoms with Gasteiger partial charge in [0.25, 0.3) is 0 Å². The van der Waals surface area contributed by atoms with Crippen LogP contribution in [0.4, 0.5) is 0 Å². The minimum Gasteiger partial charge on any atom is -0.481 e. The molecule has 0 aromatic heterocycles. The highest BCUT2D eigenvalue weighted by Gasteiger charge is 2.44. The molecular weight excluding hydrogens is 226 g/mol. The summed E-state index contributed by atoms with van der Waals surface area (Å²) in [5.41, 5.74) is -0.147. The third-order valence-electron chi connectivity index (χ3n) is 5.27. The fourth-order valence-corrected chi connectivity index (χ4v) is 3.55. The first-order chi connectivity index (χ1) is 8.46. The zero-order chi connectivity index (χ0) is 13.2. The normalized spacial score (nSPS) is 23.9. The fourth-order valence-electron chi connectivity index (χ4n) is 3.55. The van der Waals surface area contributed by atoms with Gasteiger partial charge in [0.15, 0.2) is 0 Å². The predicted octanol–water partition coefficient (Wildman–Crippen LogP) is 3.05. The molecule has 0 aromatic carbocycles. The average molecular weight is 253 g/mol. The molecule has 0 aromatic rings. The van der Waals surface area contributed by atoms with Crippen molar-refractivity contribution >= 4 is 5.97 Å². The van der Waals surface area contributed by atoms with E-state index in [9.17, 15) is 9.90 Å². The van der Waals surface area contributed by atoms with E-state index in [2.05, 4.69) is 19.2 Å². The Kier molecular flexibility index (Phi) is 4.00. The molecule has 2 aliphatic rings. The summed E-state index contributed by atoms with van der Waals surface area (Å²) in [6.07, 6.45) is 8.19. The third kappa shape index (κ3) is 2.71. The van der Waals surface area contributed by atoms with E-state index in [0.29, 0.717) is 12.0 Å². The number of carboxylic acids is 1. The zero-order valence-corrected chi connectivity index (χ0v) is 11.8. The minimum absolute atomic E-state index is 0.305. The molecule has 18 heavy (non-hydrogen) atoms. The molecular formula is C15H27NO2. The van der Waals surface area contributed by atoms with Gasteiger partial charge in [0.1, 0.15) is 0 Å². The van der Waals surface area contributed by atoms with Crippen LogP contribution in [0.15, 0.2) is 0 Å². The van der Waals surface area contributed by atoms with Crippen LogP contribution in [-0.4, -0.2) is 24.2 Å². The van der Waals surface area contributed by atoms with E-state index in [1.807, 2.05) is 0 Å². The van der Waals surface area contributed by atoms with E-state index in [4.69, 9.17) is 0 Å². The van der Waals surface area contributed by atoms with Gasteiger partial charge in [-0.1, -0.05) is 33.1 Å². The quantitative estimate of drug-likeness (QED) is 0.765. The molecule has 2 aliphatic carbocycles. The Morgan fingerprint density at radius 3 is 2.33 bits per heavy atom. The van der Waals surface area contributed by atoms with Crippen LogP contribution in [0.25, 0.3) is 0 Å². The van der Waals surface area contributed by atoms with Gasteiger partial charge in [-0.3, -0.25) is 4.79 Å². The molecule has 0 aliphatic heterocycles. The number of hydrogen-bond acceptors (Lipinski definition) is 2. The molecule has 3 heteroatoms. The van der Waals surface area contributed by atoms with Crippen LogP contribution in [0.3, 0.4) is 0 Å². The average Bonchev–Trinajstić information content (AvgIpc) is 2.74. The van der Waals surface area contributed by atoms with Crippen molar-refractivity contribution in [2.24, 2.45) is 16.7 Å². The van der Waals surface area contributed by atoms with Crippen molar-refractivity contribution in [1.29, 1.82) is 0 Å². The van der Waals surface area contributed by atoms with Crippen LogP contribution < -0.4 is 5.32 Å². The van der Waals surface area contributed by atoms with Gasteiger partial charge in [-0.2, -0.15) is 0 Å². The Bertz CT molecular complexity index is 302. The summed E-state index contributed by atoms with van der Waals surface area (Å²) in [5, 5.41) is 12.7. The summed E-state index contributed by atoms with van der Waals surface area (Å²) < 4.78 is 0. The van der Waals surface area contributed by atoms with Crippen LogP contribution in [0.2, 0.25) is 0 Å². The monoisotopic (exact) mass is 253 g/mol. The van der Waals surface area contributed by atoms with Gasteiger partial charge >= 0.3 is 5.97 Å². The van der Waals surface area contributed by atoms with Crippen molar-refractivity contribution in [1.82, 2.24) is 5.32 Å². The minimum atomic E-state index is -0.611. The van der Waals surface area contributed by atoms with Gasteiger partial charge in [-0.05, 0) is 37.0 Å². The van der Waals surface area contributed by atoms with Gasteiger partial charge in [-0.25, -0.2) is 0 Å². The van der Waals surface area contributed by atoms with Crippen LogP contribution in [-0.2, 0) is 4.79 Å². The SMILES string of the molecule is CC(C)(CNCC1(C(=O)O)CCC1)C1CCCC1. The van der Waals surface area contributed by atoms with Crippen molar-refractivity contribution in [3.63, 3.8) is 0 Å². The lowest BCUT2D eigenvalue weighted by atomic mass is 9.68. The van der Waals surface area contributed by atoms with Crippen molar-refractivity contribution < 1.29 is 9.90 Å². The summed E-state index contributed by atoms with van der Waals surface area (Å²) in [6.45, 7) is 6.25. The topological polar surface area (TPSA) is 49.3 Å². The van der Waals surface area contributed by atoms with Crippen molar-refractivity contribution in [2.45, 2.75) is 58.8 Å². The second-order valence-corrected chi connectivity index (χ2v) is 7.01. The molecule has 2 N–H and O–H groups in total. The summed E-state index contributed by atoms with van der Waals surface area (Å²) in [6, 6.07) is 0. The maximum Gasteiger partial charge on any atom is 0.310 e. The molecule has 0 atom stereocenters. The largest absolute Gasteiger partial charge is 0.481 e. The van der Waals surface area contributed by atoms with Crippen LogP contribution in [0.1, 0.15) is 58.8 Å². The first-order valence-corrected chi connectivity index (χ1v) is 7.40. The maximum absolute atomic E-state index is 11.3. The fraction of sp³-hybridized carbons (Fsp3) is 0.933. The molecule has 0 amide bonds. The van der Waals surface area contributed by atoms with E-state index >= 15 is 0 Å². The molecule has 104 valence electrons. The lowest BCUT2D eigenvalue weighted by Gasteiger charge is -2.39. The highest BCUT2D eigenvalue weighted by Crippen LogP contribution is 2.42. The molecule has 0 spiro atoms. The Balaban J connectivity index is 1.79. The summed E-state index contributed by atoms with van der Waals surface area (Å²) >= 11 is 0. The van der Waals surface area contributed by atoms with Gasteiger partial charge in [0.05, 0.1) is 5.41 Å². The smallest absolute Gasteiger partial charge is 0.310 e. The van der Waals surface area contributed by atoms with Crippen molar-refractivity contribution in [2.75, 3.05) is 13.1 Å².